The standard InChI is InChI=1S/C22H30N4O/c1-17-19(14-23-25(17)3)15-26-11-9-22(10-12-26)13-20(21(27)24(2)16-22)18-7-5-4-6-8-18/h4-8,14,20H,9-13,15-16H2,1-3H3/t20-/m0/s1. The zero-order valence-corrected chi connectivity index (χ0v) is 16.7. The summed E-state index contributed by atoms with van der Waals surface area (Å²) in [6.07, 6.45) is 5.30. The Bertz CT molecular complexity index is 805. The number of amides is 1. The number of hydrogen-bond donors (Lipinski definition) is 0. The minimum atomic E-state index is 0.0112. The van der Waals surface area contributed by atoms with Gasteiger partial charge in [-0.2, -0.15) is 5.10 Å². The fourth-order valence-electron chi connectivity index (χ4n) is 4.87. The van der Waals surface area contributed by atoms with Gasteiger partial charge >= 0.3 is 0 Å². The zero-order chi connectivity index (χ0) is 19.0. The highest BCUT2D eigenvalue weighted by molar-refractivity contribution is 5.84. The van der Waals surface area contributed by atoms with Crippen molar-refractivity contribution in [1.82, 2.24) is 19.6 Å². The van der Waals surface area contributed by atoms with E-state index in [1.165, 1.54) is 16.8 Å². The van der Waals surface area contributed by atoms with Crippen molar-refractivity contribution in [3.63, 3.8) is 0 Å². The minimum absolute atomic E-state index is 0.0112. The molecule has 5 heteroatoms. The molecular weight excluding hydrogens is 336 g/mol. The maximum absolute atomic E-state index is 12.8. The molecule has 2 saturated heterocycles. The Morgan fingerprint density at radius 1 is 1.15 bits per heavy atom. The highest BCUT2D eigenvalue weighted by Crippen LogP contribution is 2.45. The molecule has 0 saturated carbocycles. The van der Waals surface area contributed by atoms with Crippen LogP contribution in [0.15, 0.2) is 36.5 Å². The van der Waals surface area contributed by atoms with Crippen LogP contribution in [-0.4, -0.2) is 52.2 Å². The first-order valence-electron chi connectivity index (χ1n) is 9.97. The molecule has 27 heavy (non-hydrogen) atoms. The van der Waals surface area contributed by atoms with Crippen LogP contribution in [-0.2, 0) is 18.4 Å². The summed E-state index contributed by atoms with van der Waals surface area (Å²) in [4.78, 5) is 17.3. The smallest absolute Gasteiger partial charge is 0.229 e. The van der Waals surface area contributed by atoms with Gasteiger partial charge in [0, 0.05) is 38.4 Å². The molecule has 2 aromatic rings. The Hall–Kier alpha value is -2.14. The third-order valence-electron chi connectivity index (χ3n) is 6.73. The molecule has 2 aliphatic heterocycles. The normalized spacial score (nSPS) is 23.1. The minimum Gasteiger partial charge on any atom is -0.345 e. The van der Waals surface area contributed by atoms with E-state index >= 15 is 0 Å². The van der Waals surface area contributed by atoms with Gasteiger partial charge in [-0.1, -0.05) is 30.3 Å². The lowest BCUT2D eigenvalue weighted by Gasteiger charge is -2.49. The first-order valence-corrected chi connectivity index (χ1v) is 9.97. The van der Waals surface area contributed by atoms with E-state index in [1.807, 2.05) is 48.1 Å². The second kappa shape index (κ2) is 7.12. The molecule has 0 aliphatic carbocycles. The lowest BCUT2D eigenvalue weighted by atomic mass is 9.67. The van der Waals surface area contributed by atoms with Gasteiger partial charge in [-0.3, -0.25) is 14.4 Å². The van der Waals surface area contributed by atoms with Crippen LogP contribution in [0.2, 0.25) is 0 Å². The average Bonchev–Trinajstić information content (AvgIpc) is 2.99. The molecule has 2 aliphatic rings. The van der Waals surface area contributed by atoms with Crippen molar-refractivity contribution in [3.8, 4) is 0 Å². The third-order valence-corrected chi connectivity index (χ3v) is 6.73. The number of rotatable bonds is 3. The van der Waals surface area contributed by atoms with Crippen LogP contribution < -0.4 is 0 Å². The summed E-state index contributed by atoms with van der Waals surface area (Å²) in [5, 5.41) is 4.37. The Morgan fingerprint density at radius 2 is 1.85 bits per heavy atom. The van der Waals surface area contributed by atoms with E-state index in [0.717, 1.165) is 45.4 Å². The summed E-state index contributed by atoms with van der Waals surface area (Å²) in [5.41, 5.74) is 4.00. The second-order valence-electron chi connectivity index (χ2n) is 8.52. The van der Waals surface area contributed by atoms with Gasteiger partial charge in [-0.05, 0) is 50.3 Å². The summed E-state index contributed by atoms with van der Waals surface area (Å²) in [6.45, 7) is 6.21. The first-order chi connectivity index (χ1) is 13.0. The predicted octanol–water partition coefficient (Wildman–Crippen LogP) is 2.96. The van der Waals surface area contributed by atoms with E-state index in [4.69, 9.17) is 0 Å². The van der Waals surface area contributed by atoms with E-state index in [1.54, 1.807) is 0 Å². The topological polar surface area (TPSA) is 41.4 Å². The second-order valence-corrected chi connectivity index (χ2v) is 8.52. The Morgan fingerprint density at radius 3 is 2.48 bits per heavy atom. The Kier molecular flexibility index (Phi) is 4.81. The molecule has 3 heterocycles. The molecule has 0 unspecified atom stereocenters. The highest BCUT2D eigenvalue weighted by Gasteiger charge is 2.44. The number of aromatic nitrogens is 2. The maximum Gasteiger partial charge on any atom is 0.229 e. The van der Waals surface area contributed by atoms with Gasteiger partial charge in [0.1, 0.15) is 0 Å². The molecule has 5 nitrogen and oxygen atoms in total. The molecule has 144 valence electrons. The van der Waals surface area contributed by atoms with Crippen molar-refractivity contribution in [1.29, 1.82) is 0 Å². The number of likely N-dealkylation sites (tertiary alicyclic amines) is 2. The van der Waals surface area contributed by atoms with Crippen molar-refractivity contribution in [3.05, 3.63) is 53.3 Å². The molecule has 1 amide bonds. The van der Waals surface area contributed by atoms with E-state index in [-0.39, 0.29) is 17.2 Å². The first kappa shape index (κ1) is 18.2. The van der Waals surface area contributed by atoms with Crippen LogP contribution >= 0.6 is 0 Å². The van der Waals surface area contributed by atoms with Crippen LogP contribution in [0.1, 0.15) is 42.0 Å². The molecule has 4 rings (SSSR count). The fraction of sp³-hybridized carbons (Fsp3) is 0.545. The number of carbonyl (C=O) groups excluding carboxylic acids is 1. The van der Waals surface area contributed by atoms with Crippen molar-refractivity contribution < 1.29 is 4.79 Å². The van der Waals surface area contributed by atoms with Gasteiger partial charge in [0.2, 0.25) is 5.91 Å². The summed E-state index contributed by atoms with van der Waals surface area (Å²) in [7, 11) is 3.98. The number of hydrogen-bond acceptors (Lipinski definition) is 3. The van der Waals surface area contributed by atoms with Crippen LogP contribution in [0, 0.1) is 12.3 Å². The van der Waals surface area contributed by atoms with Gasteiger partial charge in [0.25, 0.3) is 0 Å². The molecule has 1 spiro atoms. The lowest BCUT2D eigenvalue weighted by Crippen LogP contribution is -2.52. The number of aryl methyl sites for hydroxylation is 1. The number of likely N-dealkylation sites (N-methyl/N-ethyl adjacent to an activating group) is 1. The summed E-state index contributed by atoms with van der Waals surface area (Å²) in [5.74, 6) is 0.289. The van der Waals surface area contributed by atoms with Crippen LogP contribution in [0.5, 0.6) is 0 Å². The van der Waals surface area contributed by atoms with Crippen molar-refractivity contribution in [2.45, 2.75) is 38.6 Å². The molecule has 1 aromatic heterocycles. The number of nitrogens with zero attached hydrogens (tertiary/aromatic N) is 4. The molecule has 0 radical (unpaired) electrons. The number of benzene rings is 1. The zero-order valence-electron chi connectivity index (χ0n) is 16.7. The third kappa shape index (κ3) is 3.53. The molecule has 0 bridgehead atoms. The average molecular weight is 367 g/mol. The SMILES string of the molecule is Cc1c(CN2CCC3(CC2)C[C@@H](c2ccccc2)C(=O)N(C)C3)cnn1C. The quantitative estimate of drug-likeness (QED) is 0.839. The van der Waals surface area contributed by atoms with Gasteiger partial charge < -0.3 is 4.90 Å². The fourth-order valence-corrected chi connectivity index (χ4v) is 4.87. The van der Waals surface area contributed by atoms with E-state index in [9.17, 15) is 4.79 Å². The maximum atomic E-state index is 12.8. The molecule has 1 atom stereocenters. The van der Waals surface area contributed by atoms with Gasteiger partial charge in [0.05, 0.1) is 12.1 Å². The Balaban J connectivity index is 1.45. The molecular formula is C22H30N4O. The van der Waals surface area contributed by atoms with Crippen molar-refractivity contribution in [2.75, 3.05) is 26.7 Å². The van der Waals surface area contributed by atoms with Gasteiger partial charge in [0.15, 0.2) is 0 Å². The molecule has 2 fully saturated rings. The summed E-state index contributed by atoms with van der Waals surface area (Å²) in [6, 6.07) is 10.3. The molecule has 1 aromatic carbocycles. The number of carbonyl (C=O) groups is 1. The summed E-state index contributed by atoms with van der Waals surface area (Å²) >= 11 is 0. The molecule has 0 N–H and O–H groups in total. The van der Waals surface area contributed by atoms with Crippen LogP contribution in [0.3, 0.4) is 0 Å². The summed E-state index contributed by atoms with van der Waals surface area (Å²) < 4.78 is 1.95. The van der Waals surface area contributed by atoms with E-state index in [2.05, 4.69) is 29.1 Å². The van der Waals surface area contributed by atoms with E-state index in [0.29, 0.717) is 0 Å². The lowest BCUT2D eigenvalue weighted by molar-refractivity contribution is -0.139. The van der Waals surface area contributed by atoms with Gasteiger partial charge in [-0.15, -0.1) is 0 Å². The monoisotopic (exact) mass is 366 g/mol. The highest BCUT2D eigenvalue weighted by atomic mass is 16.2. The Labute approximate surface area is 162 Å². The van der Waals surface area contributed by atoms with Gasteiger partial charge in [-0.25, -0.2) is 0 Å². The van der Waals surface area contributed by atoms with E-state index < -0.39 is 0 Å². The van der Waals surface area contributed by atoms with Crippen molar-refractivity contribution in [2.24, 2.45) is 12.5 Å². The number of piperidine rings is 2. The van der Waals surface area contributed by atoms with Crippen molar-refractivity contribution >= 4 is 5.91 Å². The van der Waals surface area contributed by atoms with Crippen LogP contribution in [0.4, 0.5) is 0 Å². The van der Waals surface area contributed by atoms with Crippen LogP contribution in [0.25, 0.3) is 0 Å². The predicted molar refractivity (Wildman–Crippen MR) is 106 cm³/mol. The largest absolute Gasteiger partial charge is 0.345 e.